The zero-order chi connectivity index (χ0) is 21.8. The predicted octanol–water partition coefficient (Wildman–Crippen LogP) is 4.34. The van der Waals surface area contributed by atoms with E-state index in [1.807, 2.05) is 30.1 Å². The number of sulfonamides is 1. The van der Waals surface area contributed by atoms with Crippen molar-refractivity contribution in [3.63, 3.8) is 0 Å². The van der Waals surface area contributed by atoms with Crippen LogP contribution in [0.4, 0.5) is 5.69 Å². The number of nitrogens with zero attached hydrogens (tertiary/aromatic N) is 2. The van der Waals surface area contributed by atoms with Crippen LogP contribution in [0, 0.1) is 0 Å². The van der Waals surface area contributed by atoms with E-state index in [0.717, 1.165) is 50.6 Å². The van der Waals surface area contributed by atoms with Gasteiger partial charge in [0, 0.05) is 25.7 Å². The summed E-state index contributed by atoms with van der Waals surface area (Å²) in [7, 11) is -1.96. The van der Waals surface area contributed by atoms with Crippen molar-refractivity contribution in [1.29, 1.82) is 0 Å². The van der Waals surface area contributed by atoms with Gasteiger partial charge in [-0.3, -0.25) is 4.79 Å². The Kier molecular flexibility index (Phi) is 6.41. The first-order valence-electron chi connectivity index (χ1n) is 11.0. The molecule has 1 N–H and O–H groups in total. The van der Waals surface area contributed by atoms with Gasteiger partial charge in [-0.15, -0.1) is 4.40 Å². The summed E-state index contributed by atoms with van der Waals surface area (Å²) in [5.41, 5.74) is 2.76. The highest BCUT2D eigenvalue weighted by Gasteiger charge is 2.26. The fraction of sp³-hybridized carbons (Fsp3) is 0.417. The highest BCUT2D eigenvalue weighted by molar-refractivity contribution is 7.90. The number of fused-ring (bicyclic) bond motifs is 1. The number of nitrogens with one attached hydrogen (secondary N) is 1. The molecule has 0 bridgehead atoms. The maximum absolute atomic E-state index is 13.0. The second-order valence-electron chi connectivity index (χ2n) is 8.38. The van der Waals surface area contributed by atoms with Crippen molar-refractivity contribution in [1.82, 2.24) is 4.90 Å². The lowest BCUT2D eigenvalue weighted by Crippen LogP contribution is -2.27. The Balaban J connectivity index is 1.54. The van der Waals surface area contributed by atoms with Gasteiger partial charge >= 0.3 is 0 Å². The number of carbonyl (C=O) groups excluding carboxylic acids is 1. The zero-order valence-electron chi connectivity index (χ0n) is 17.9. The van der Waals surface area contributed by atoms with Crippen LogP contribution in [0.15, 0.2) is 57.8 Å². The van der Waals surface area contributed by atoms with E-state index < -0.39 is 10.0 Å². The van der Waals surface area contributed by atoms with Gasteiger partial charge in [0.2, 0.25) is 5.91 Å². The first-order chi connectivity index (χ1) is 14.9. The van der Waals surface area contributed by atoms with Crippen LogP contribution in [-0.2, 0) is 21.2 Å². The van der Waals surface area contributed by atoms with Gasteiger partial charge in [-0.1, -0.05) is 36.8 Å². The molecule has 1 fully saturated rings. The molecule has 1 saturated heterocycles. The fourth-order valence-corrected chi connectivity index (χ4v) is 5.57. The molecule has 0 spiro atoms. The topological polar surface area (TPSA) is 78.8 Å². The van der Waals surface area contributed by atoms with Crippen LogP contribution in [0.25, 0.3) is 0 Å². The predicted molar refractivity (Wildman–Crippen MR) is 123 cm³/mol. The number of aryl methyl sites for hydroxylation is 1. The molecule has 1 atom stereocenters. The molecule has 1 aliphatic heterocycles. The molecule has 0 radical (unpaired) electrons. The summed E-state index contributed by atoms with van der Waals surface area (Å²) in [5, 5.41) is 2.93. The molecule has 1 amide bonds. The average Bonchev–Trinajstić information content (AvgIpc) is 2.97. The van der Waals surface area contributed by atoms with Crippen LogP contribution >= 0.6 is 0 Å². The van der Waals surface area contributed by atoms with Crippen molar-refractivity contribution in [2.45, 2.75) is 55.8 Å². The van der Waals surface area contributed by atoms with Gasteiger partial charge in [0.25, 0.3) is 10.0 Å². The molecule has 1 unspecified atom stereocenters. The summed E-state index contributed by atoms with van der Waals surface area (Å²) in [6.07, 6.45) is 6.47. The summed E-state index contributed by atoms with van der Waals surface area (Å²) in [6, 6.07) is 14.4. The van der Waals surface area contributed by atoms with E-state index in [1.165, 1.54) is 17.7 Å². The molecule has 0 aromatic heterocycles. The quantitative estimate of drug-likeness (QED) is 0.769. The maximum Gasteiger partial charge on any atom is 0.284 e. The Labute approximate surface area is 184 Å². The molecule has 1 aliphatic carbocycles. The number of benzene rings is 2. The molecule has 0 saturated carbocycles. The molecule has 164 valence electrons. The number of amidine groups is 1. The summed E-state index contributed by atoms with van der Waals surface area (Å²) in [4.78, 5) is 15.0. The minimum atomic E-state index is -3.85. The van der Waals surface area contributed by atoms with Crippen LogP contribution in [0.5, 0.6) is 0 Å². The number of likely N-dealkylation sites (tertiary alicyclic amines) is 1. The van der Waals surface area contributed by atoms with E-state index >= 15 is 0 Å². The Bertz CT molecular complexity index is 1090. The zero-order valence-corrected chi connectivity index (χ0v) is 18.7. The Morgan fingerprint density at radius 3 is 2.74 bits per heavy atom. The second kappa shape index (κ2) is 9.22. The highest BCUT2D eigenvalue weighted by Crippen LogP contribution is 2.32. The van der Waals surface area contributed by atoms with Crippen molar-refractivity contribution in [2.75, 3.05) is 18.9 Å². The van der Waals surface area contributed by atoms with Crippen LogP contribution in [0.1, 0.15) is 55.6 Å². The van der Waals surface area contributed by atoms with Gasteiger partial charge in [0.1, 0.15) is 5.84 Å². The molecular weight excluding hydrogens is 410 g/mol. The number of anilines is 1. The summed E-state index contributed by atoms with van der Waals surface area (Å²) >= 11 is 0. The van der Waals surface area contributed by atoms with Crippen molar-refractivity contribution in [3.05, 3.63) is 59.7 Å². The average molecular weight is 440 g/mol. The normalized spacial score (nSPS) is 20.7. The summed E-state index contributed by atoms with van der Waals surface area (Å²) in [5.74, 6) is 0.285. The second-order valence-corrected chi connectivity index (χ2v) is 9.98. The van der Waals surface area contributed by atoms with Crippen molar-refractivity contribution < 1.29 is 13.2 Å². The number of rotatable bonds is 4. The van der Waals surface area contributed by atoms with Gasteiger partial charge in [0.15, 0.2) is 0 Å². The molecule has 31 heavy (non-hydrogen) atoms. The van der Waals surface area contributed by atoms with Crippen molar-refractivity contribution in [3.8, 4) is 0 Å². The summed E-state index contributed by atoms with van der Waals surface area (Å²) in [6.45, 7) is 0.813. The Morgan fingerprint density at radius 1 is 1.03 bits per heavy atom. The molecule has 2 aliphatic rings. The first kappa shape index (κ1) is 21.6. The smallest absolute Gasteiger partial charge is 0.284 e. The molecule has 4 rings (SSSR count). The van der Waals surface area contributed by atoms with E-state index in [1.54, 1.807) is 12.1 Å². The van der Waals surface area contributed by atoms with Gasteiger partial charge in [-0.05, 0) is 61.4 Å². The molecule has 1 heterocycles. The van der Waals surface area contributed by atoms with E-state index in [2.05, 4.69) is 15.8 Å². The molecule has 6 nitrogen and oxygen atoms in total. The standard InChI is InChI=1S/C24H29N3O3S/c1-27-16-6-2-3-15-23(27)26-31(29,30)20-12-8-11-19(17-20)25-24(28)22-14-7-10-18-9-4-5-13-21(18)22/h4-5,8-9,11-13,17,22H,2-3,6-7,10,14-16H2,1H3,(H,25,28). The van der Waals surface area contributed by atoms with Gasteiger partial charge in [-0.2, -0.15) is 8.42 Å². The van der Waals surface area contributed by atoms with E-state index in [9.17, 15) is 13.2 Å². The highest BCUT2D eigenvalue weighted by atomic mass is 32.2. The summed E-state index contributed by atoms with van der Waals surface area (Å²) < 4.78 is 30.0. The lowest BCUT2D eigenvalue weighted by atomic mass is 9.82. The number of carbonyl (C=O) groups is 1. The Hall–Kier alpha value is -2.67. The van der Waals surface area contributed by atoms with E-state index in [4.69, 9.17) is 0 Å². The minimum absolute atomic E-state index is 0.0968. The number of amides is 1. The first-order valence-corrected chi connectivity index (χ1v) is 12.4. The van der Waals surface area contributed by atoms with Crippen molar-refractivity contribution in [2.24, 2.45) is 4.40 Å². The van der Waals surface area contributed by atoms with Crippen LogP contribution in [-0.4, -0.2) is 38.7 Å². The van der Waals surface area contributed by atoms with Crippen LogP contribution in [0.2, 0.25) is 0 Å². The molecule has 2 aromatic rings. The fourth-order valence-electron chi connectivity index (χ4n) is 4.43. The van der Waals surface area contributed by atoms with Gasteiger partial charge in [0.05, 0.1) is 10.8 Å². The third kappa shape index (κ3) is 4.98. The number of hydrogen-bond donors (Lipinski definition) is 1. The Morgan fingerprint density at radius 2 is 1.87 bits per heavy atom. The molecule has 7 heteroatoms. The van der Waals surface area contributed by atoms with Crippen LogP contribution < -0.4 is 5.32 Å². The van der Waals surface area contributed by atoms with Gasteiger partial charge < -0.3 is 10.2 Å². The van der Waals surface area contributed by atoms with Crippen molar-refractivity contribution >= 4 is 27.5 Å². The maximum atomic E-state index is 13.0. The lowest BCUT2D eigenvalue weighted by Gasteiger charge is -2.24. The largest absolute Gasteiger partial charge is 0.362 e. The minimum Gasteiger partial charge on any atom is -0.362 e. The number of hydrogen-bond acceptors (Lipinski definition) is 3. The monoisotopic (exact) mass is 439 g/mol. The third-order valence-electron chi connectivity index (χ3n) is 6.15. The van der Waals surface area contributed by atoms with E-state index in [-0.39, 0.29) is 16.7 Å². The molecular formula is C24H29N3O3S. The van der Waals surface area contributed by atoms with Crippen LogP contribution in [0.3, 0.4) is 0 Å². The third-order valence-corrected chi connectivity index (χ3v) is 7.45. The SMILES string of the molecule is CN1CCCCCC1=NS(=O)(=O)c1cccc(NC(=O)C2CCCc3ccccc32)c1. The molecule has 2 aromatic carbocycles. The lowest BCUT2D eigenvalue weighted by molar-refractivity contribution is -0.117. The van der Waals surface area contributed by atoms with E-state index in [0.29, 0.717) is 17.9 Å². The van der Waals surface area contributed by atoms with Gasteiger partial charge in [-0.25, -0.2) is 0 Å².